The normalized spacial score (nSPS) is 15.9. The van der Waals surface area contributed by atoms with E-state index in [9.17, 15) is 4.79 Å². The Hall–Kier alpha value is -3.52. The topological polar surface area (TPSA) is 78.1 Å². The molecule has 1 aromatic carbocycles. The summed E-state index contributed by atoms with van der Waals surface area (Å²) in [5, 5.41) is 11.6. The van der Waals surface area contributed by atoms with E-state index in [-0.39, 0.29) is 5.91 Å². The Bertz CT molecular complexity index is 1380. The van der Waals surface area contributed by atoms with Crippen LogP contribution in [0, 0.1) is 0 Å². The van der Waals surface area contributed by atoms with E-state index in [0.29, 0.717) is 12.6 Å². The van der Waals surface area contributed by atoms with Gasteiger partial charge in [-0.1, -0.05) is 32.0 Å². The molecule has 36 heavy (non-hydrogen) atoms. The Labute approximate surface area is 211 Å². The molecule has 3 aromatic heterocycles. The monoisotopic (exact) mass is 486 g/mol. The number of hydrogen-bond acceptors (Lipinski definition) is 5. The molecule has 0 unspecified atom stereocenters. The molecule has 8 heteroatoms. The van der Waals surface area contributed by atoms with Crippen molar-refractivity contribution in [2.24, 2.45) is 7.05 Å². The molecule has 0 aliphatic carbocycles. The van der Waals surface area contributed by atoms with Gasteiger partial charge >= 0.3 is 0 Å². The van der Waals surface area contributed by atoms with E-state index in [1.807, 2.05) is 44.4 Å². The minimum atomic E-state index is 0.108. The van der Waals surface area contributed by atoms with Gasteiger partial charge in [0.25, 0.3) is 0 Å². The number of hydrogen-bond donors (Lipinski definition) is 0. The lowest BCUT2D eigenvalue weighted by molar-refractivity contribution is -0.129. The molecule has 6 rings (SSSR count). The summed E-state index contributed by atoms with van der Waals surface area (Å²) < 4.78 is 9.63. The summed E-state index contributed by atoms with van der Waals surface area (Å²) in [6.45, 7) is 8.52. The molecule has 0 N–H and O–H groups in total. The van der Waals surface area contributed by atoms with Crippen molar-refractivity contribution in [3.63, 3.8) is 0 Å². The summed E-state index contributed by atoms with van der Waals surface area (Å²) in [4.78, 5) is 18.9. The Morgan fingerprint density at radius 3 is 2.67 bits per heavy atom. The molecule has 188 valence electrons. The lowest BCUT2D eigenvalue weighted by atomic mass is 9.96. The summed E-state index contributed by atoms with van der Waals surface area (Å²) in [6.07, 6.45) is 8.51. The van der Waals surface area contributed by atoms with Gasteiger partial charge in [0.15, 0.2) is 0 Å². The van der Waals surface area contributed by atoms with Crippen LogP contribution in [0.25, 0.3) is 33.3 Å². The molecule has 0 bridgehead atoms. The molecule has 0 saturated carbocycles. The molecule has 2 aliphatic rings. The van der Waals surface area contributed by atoms with Crippen LogP contribution in [-0.4, -0.2) is 55.1 Å². The summed E-state index contributed by atoms with van der Waals surface area (Å²) in [5.41, 5.74) is 6.35. The predicted molar refractivity (Wildman–Crippen MR) is 140 cm³/mol. The molecule has 0 radical (unpaired) electrons. The molecular formula is C28H34N6O2. The fraction of sp³-hybridized carbons (Fsp3) is 0.429. The van der Waals surface area contributed by atoms with Crippen molar-refractivity contribution in [1.82, 2.24) is 29.4 Å². The van der Waals surface area contributed by atoms with Crippen LogP contribution >= 0.6 is 0 Å². The van der Waals surface area contributed by atoms with Gasteiger partial charge in [-0.15, -0.1) is 0 Å². The quantitative estimate of drug-likeness (QED) is 0.416. The van der Waals surface area contributed by atoms with Gasteiger partial charge in [-0.2, -0.15) is 10.2 Å². The smallest absolute Gasteiger partial charge is 0.219 e. The fourth-order valence-corrected chi connectivity index (χ4v) is 5.25. The lowest BCUT2D eigenvalue weighted by Gasteiger charge is -2.29. The van der Waals surface area contributed by atoms with Gasteiger partial charge < -0.3 is 9.64 Å². The van der Waals surface area contributed by atoms with E-state index < -0.39 is 0 Å². The number of carbonyl (C=O) groups excluding carboxylic acids is 1. The van der Waals surface area contributed by atoms with Crippen LogP contribution in [-0.2, 0) is 29.5 Å². The number of rotatable bonds is 3. The molecule has 8 nitrogen and oxygen atoms in total. The third-order valence-electron chi connectivity index (χ3n) is 7.09. The van der Waals surface area contributed by atoms with E-state index in [2.05, 4.69) is 34.0 Å². The van der Waals surface area contributed by atoms with Gasteiger partial charge in [-0.3, -0.25) is 19.1 Å². The number of aryl methyl sites for hydroxylation is 1. The van der Waals surface area contributed by atoms with Crippen LogP contribution in [0.1, 0.15) is 50.9 Å². The standard InChI is InChI=1S/C26H28N6O2.C2H6/c1-17(33)31-9-6-25-23(16-31)26(29-32(25)20-7-10-34-11-8-20)21-5-3-4-18-12-24(27-14-22(18)21)19-13-28-30(2)15-19;1-2/h3-5,12-15,20H,6-11,16H2,1-2H3;1-2H3. The number of pyridine rings is 1. The van der Waals surface area contributed by atoms with E-state index in [0.717, 1.165) is 77.9 Å². The number of benzene rings is 1. The van der Waals surface area contributed by atoms with Crippen molar-refractivity contribution in [1.29, 1.82) is 0 Å². The maximum absolute atomic E-state index is 12.2. The van der Waals surface area contributed by atoms with Crippen LogP contribution in [0.15, 0.2) is 42.9 Å². The van der Waals surface area contributed by atoms with Gasteiger partial charge in [-0.05, 0) is 24.3 Å². The summed E-state index contributed by atoms with van der Waals surface area (Å²) in [5.74, 6) is 0.108. The number of fused-ring (bicyclic) bond motifs is 2. The zero-order valence-corrected chi connectivity index (χ0v) is 21.6. The van der Waals surface area contributed by atoms with Gasteiger partial charge in [0.1, 0.15) is 0 Å². The third kappa shape index (κ3) is 4.41. The highest BCUT2D eigenvalue weighted by atomic mass is 16.5. The van der Waals surface area contributed by atoms with E-state index in [4.69, 9.17) is 14.8 Å². The van der Waals surface area contributed by atoms with Gasteiger partial charge in [0.2, 0.25) is 5.91 Å². The van der Waals surface area contributed by atoms with Crippen molar-refractivity contribution in [2.75, 3.05) is 19.8 Å². The summed E-state index contributed by atoms with van der Waals surface area (Å²) >= 11 is 0. The molecule has 1 fully saturated rings. The first-order chi connectivity index (χ1) is 17.6. The number of nitrogens with zero attached hydrogens (tertiary/aromatic N) is 6. The van der Waals surface area contributed by atoms with Crippen molar-refractivity contribution in [3.8, 4) is 22.5 Å². The van der Waals surface area contributed by atoms with Gasteiger partial charge in [0, 0.05) is 86.9 Å². The maximum atomic E-state index is 12.2. The molecule has 4 aromatic rings. The molecule has 5 heterocycles. The Morgan fingerprint density at radius 2 is 1.94 bits per heavy atom. The van der Waals surface area contributed by atoms with E-state index in [1.54, 1.807) is 11.6 Å². The maximum Gasteiger partial charge on any atom is 0.219 e. The highest BCUT2D eigenvalue weighted by Crippen LogP contribution is 2.37. The molecule has 1 saturated heterocycles. The van der Waals surface area contributed by atoms with E-state index >= 15 is 0 Å². The van der Waals surface area contributed by atoms with Crippen molar-refractivity contribution >= 4 is 16.7 Å². The fourth-order valence-electron chi connectivity index (χ4n) is 5.25. The third-order valence-corrected chi connectivity index (χ3v) is 7.09. The van der Waals surface area contributed by atoms with Crippen LogP contribution in [0.5, 0.6) is 0 Å². The van der Waals surface area contributed by atoms with Crippen molar-refractivity contribution in [3.05, 3.63) is 54.1 Å². The Kier molecular flexibility index (Phi) is 6.87. The zero-order chi connectivity index (χ0) is 25.2. The average molecular weight is 487 g/mol. The molecule has 0 spiro atoms. The first-order valence-corrected chi connectivity index (χ1v) is 12.9. The SMILES string of the molecule is CC.CC(=O)N1CCc2c(c(-c3cccc4cc(-c5cnn(C)c5)ncc34)nn2C2CCOCC2)C1. The molecule has 2 aliphatic heterocycles. The molecule has 0 atom stereocenters. The number of carbonyl (C=O) groups is 1. The van der Waals surface area contributed by atoms with Crippen LogP contribution in [0.3, 0.4) is 0 Å². The second kappa shape index (κ2) is 10.2. The summed E-state index contributed by atoms with van der Waals surface area (Å²) in [6, 6.07) is 8.77. The predicted octanol–water partition coefficient (Wildman–Crippen LogP) is 4.78. The first kappa shape index (κ1) is 24.2. The highest BCUT2D eigenvalue weighted by molar-refractivity contribution is 5.97. The second-order valence-electron chi connectivity index (χ2n) is 9.25. The van der Waals surface area contributed by atoms with Crippen molar-refractivity contribution in [2.45, 2.75) is 52.6 Å². The minimum Gasteiger partial charge on any atom is -0.381 e. The van der Waals surface area contributed by atoms with E-state index in [1.165, 1.54) is 5.69 Å². The van der Waals surface area contributed by atoms with Crippen LogP contribution in [0.2, 0.25) is 0 Å². The molecular weight excluding hydrogens is 452 g/mol. The summed E-state index contributed by atoms with van der Waals surface area (Å²) in [7, 11) is 1.91. The Balaban J connectivity index is 0.00000130. The van der Waals surface area contributed by atoms with Crippen LogP contribution < -0.4 is 0 Å². The van der Waals surface area contributed by atoms with Crippen LogP contribution in [0.4, 0.5) is 0 Å². The minimum absolute atomic E-state index is 0.108. The number of ether oxygens (including phenoxy) is 1. The van der Waals surface area contributed by atoms with Crippen molar-refractivity contribution < 1.29 is 9.53 Å². The largest absolute Gasteiger partial charge is 0.381 e. The highest BCUT2D eigenvalue weighted by Gasteiger charge is 2.30. The van der Waals surface area contributed by atoms with Gasteiger partial charge in [0.05, 0.1) is 23.6 Å². The first-order valence-electron chi connectivity index (χ1n) is 12.9. The molecule has 1 amide bonds. The number of amides is 1. The second-order valence-corrected chi connectivity index (χ2v) is 9.25. The average Bonchev–Trinajstić information content (AvgIpc) is 3.53. The lowest BCUT2D eigenvalue weighted by Crippen LogP contribution is -2.35. The zero-order valence-electron chi connectivity index (χ0n) is 21.6. The Morgan fingerprint density at radius 1 is 1.14 bits per heavy atom. The van der Waals surface area contributed by atoms with Gasteiger partial charge in [-0.25, -0.2) is 0 Å². The number of aromatic nitrogens is 5.